The quantitative estimate of drug-likeness (QED) is 0.869. The lowest BCUT2D eigenvalue weighted by Crippen LogP contribution is -2.20. The number of rotatable bonds is 5. The maximum atomic E-state index is 12.1. The zero-order valence-corrected chi connectivity index (χ0v) is 11.7. The largest absolute Gasteiger partial charge is 0.364 e. The molecule has 0 atom stereocenters. The van der Waals surface area contributed by atoms with Crippen molar-refractivity contribution in [3.8, 4) is 6.07 Å². The summed E-state index contributed by atoms with van der Waals surface area (Å²) in [6.45, 7) is 0. The number of hydrogen-bond donors (Lipinski definition) is 2. The van der Waals surface area contributed by atoms with Crippen LogP contribution in [0, 0.1) is 11.3 Å². The van der Waals surface area contributed by atoms with Crippen molar-refractivity contribution in [2.75, 3.05) is 5.32 Å². The van der Waals surface area contributed by atoms with E-state index in [1.54, 1.807) is 30.3 Å². The maximum Gasteiger partial charge on any atom is 0.269 e. The Morgan fingerprint density at radius 3 is 2.73 bits per heavy atom. The standard InChI is InChI=1S/C16H14N4O2/c17-7-6-11-3-1-4-12(9-11)10-14(21)20-13-5-2-8-19-15(13)16(18)22/h1-5,8-9H,6,10H2,(H2,18,22)(H,20,21). The molecule has 0 unspecified atom stereocenters. The molecule has 22 heavy (non-hydrogen) atoms. The number of primary amides is 1. The molecule has 3 N–H and O–H groups in total. The molecular formula is C16H14N4O2. The van der Waals surface area contributed by atoms with Gasteiger partial charge in [-0.2, -0.15) is 5.26 Å². The molecule has 0 aliphatic heterocycles. The number of amides is 2. The van der Waals surface area contributed by atoms with Gasteiger partial charge in [0.25, 0.3) is 5.91 Å². The van der Waals surface area contributed by atoms with Crippen LogP contribution in [0.3, 0.4) is 0 Å². The number of anilines is 1. The van der Waals surface area contributed by atoms with Crippen LogP contribution in [0.1, 0.15) is 21.6 Å². The van der Waals surface area contributed by atoms with Crippen molar-refractivity contribution >= 4 is 17.5 Å². The molecule has 1 heterocycles. The summed E-state index contributed by atoms with van der Waals surface area (Å²) in [6, 6.07) is 12.5. The molecule has 0 spiro atoms. The molecule has 110 valence electrons. The monoisotopic (exact) mass is 294 g/mol. The van der Waals surface area contributed by atoms with Gasteiger partial charge in [-0.15, -0.1) is 0 Å². The first-order chi connectivity index (χ1) is 10.6. The zero-order chi connectivity index (χ0) is 15.9. The van der Waals surface area contributed by atoms with E-state index in [0.29, 0.717) is 6.42 Å². The Labute approximate surface area is 127 Å². The van der Waals surface area contributed by atoms with Gasteiger partial charge in [0.2, 0.25) is 5.91 Å². The van der Waals surface area contributed by atoms with Gasteiger partial charge in [0.15, 0.2) is 5.69 Å². The zero-order valence-electron chi connectivity index (χ0n) is 11.7. The summed E-state index contributed by atoms with van der Waals surface area (Å²) < 4.78 is 0. The number of pyridine rings is 1. The van der Waals surface area contributed by atoms with Gasteiger partial charge in [-0.05, 0) is 23.3 Å². The molecule has 0 radical (unpaired) electrons. The average molecular weight is 294 g/mol. The van der Waals surface area contributed by atoms with Crippen molar-refractivity contribution in [3.63, 3.8) is 0 Å². The lowest BCUT2D eigenvalue weighted by atomic mass is 10.1. The van der Waals surface area contributed by atoms with Crippen molar-refractivity contribution in [2.24, 2.45) is 5.73 Å². The predicted octanol–water partition coefficient (Wildman–Crippen LogP) is 1.43. The summed E-state index contributed by atoms with van der Waals surface area (Å²) in [4.78, 5) is 27.2. The minimum absolute atomic E-state index is 0.0223. The fourth-order valence-electron chi connectivity index (χ4n) is 2.02. The molecule has 0 saturated carbocycles. The second kappa shape index (κ2) is 6.99. The Morgan fingerprint density at radius 1 is 1.23 bits per heavy atom. The Balaban J connectivity index is 2.09. The third-order valence-corrected chi connectivity index (χ3v) is 2.95. The lowest BCUT2D eigenvalue weighted by Gasteiger charge is -2.08. The van der Waals surface area contributed by atoms with E-state index in [4.69, 9.17) is 11.0 Å². The molecule has 6 heteroatoms. The van der Waals surface area contributed by atoms with Crippen LogP contribution in [0.5, 0.6) is 0 Å². The highest BCUT2D eigenvalue weighted by Gasteiger charge is 2.12. The second-order valence-corrected chi connectivity index (χ2v) is 4.64. The van der Waals surface area contributed by atoms with Crippen molar-refractivity contribution < 1.29 is 9.59 Å². The number of benzene rings is 1. The van der Waals surface area contributed by atoms with Crippen molar-refractivity contribution in [1.29, 1.82) is 5.26 Å². The van der Waals surface area contributed by atoms with Crippen LogP contribution in [0.2, 0.25) is 0 Å². The van der Waals surface area contributed by atoms with Gasteiger partial charge in [-0.25, -0.2) is 4.98 Å². The maximum absolute atomic E-state index is 12.1. The summed E-state index contributed by atoms with van der Waals surface area (Å²) >= 11 is 0. The van der Waals surface area contributed by atoms with E-state index in [2.05, 4.69) is 16.4 Å². The Bertz CT molecular complexity index is 750. The first-order valence-electron chi connectivity index (χ1n) is 6.59. The number of carbonyl (C=O) groups is 2. The highest BCUT2D eigenvalue weighted by Crippen LogP contribution is 2.13. The molecule has 1 aromatic heterocycles. The van der Waals surface area contributed by atoms with E-state index in [0.717, 1.165) is 11.1 Å². The molecule has 0 fully saturated rings. The molecule has 0 bridgehead atoms. The molecule has 0 saturated heterocycles. The number of nitriles is 1. The van der Waals surface area contributed by atoms with Crippen molar-refractivity contribution in [2.45, 2.75) is 12.8 Å². The molecule has 1 aromatic carbocycles. The number of nitrogens with one attached hydrogen (secondary N) is 1. The third-order valence-electron chi connectivity index (χ3n) is 2.95. The first-order valence-corrected chi connectivity index (χ1v) is 6.59. The lowest BCUT2D eigenvalue weighted by molar-refractivity contribution is -0.115. The van der Waals surface area contributed by atoms with Gasteiger partial charge in [0.1, 0.15) is 0 Å². The van der Waals surface area contributed by atoms with Gasteiger partial charge >= 0.3 is 0 Å². The van der Waals surface area contributed by atoms with Gasteiger partial charge in [0, 0.05) is 6.20 Å². The summed E-state index contributed by atoms with van der Waals surface area (Å²) in [6.07, 6.45) is 1.86. The van der Waals surface area contributed by atoms with E-state index in [9.17, 15) is 9.59 Å². The van der Waals surface area contributed by atoms with Crippen LogP contribution in [-0.2, 0) is 17.6 Å². The van der Waals surface area contributed by atoms with E-state index < -0.39 is 5.91 Å². The Kier molecular flexibility index (Phi) is 4.83. The SMILES string of the molecule is N#CCc1cccc(CC(=O)Nc2cccnc2C(N)=O)c1. The van der Waals surface area contributed by atoms with Gasteiger partial charge < -0.3 is 11.1 Å². The van der Waals surface area contributed by atoms with Crippen LogP contribution in [0.15, 0.2) is 42.6 Å². The molecule has 2 rings (SSSR count). The highest BCUT2D eigenvalue weighted by atomic mass is 16.2. The fourth-order valence-corrected chi connectivity index (χ4v) is 2.02. The van der Waals surface area contributed by atoms with Gasteiger partial charge in [-0.3, -0.25) is 9.59 Å². The minimum atomic E-state index is -0.702. The molecule has 0 aliphatic carbocycles. The second-order valence-electron chi connectivity index (χ2n) is 4.64. The molecular weight excluding hydrogens is 280 g/mol. The smallest absolute Gasteiger partial charge is 0.269 e. The number of hydrogen-bond acceptors (Lipinski definition) is 4. The molecule has 0 aliphatic rings. The first kappa shape index (κ1) is 15.2. The van der Waals surface area contributed by atoms with Crippen LogP contribution < -0.4 is 11.1 Å². The average Bonchev–Trinajstić information content (AvgIpc) is 2.48. The van der Waals surface area contributed by atoms with E-state index in [1.165, 1.54) is 6.20 Å². The normalized spacial score (nSPS) is 9.77. The van der Waals surface area contributed by atoms with Crippen molar-refractivity contribution in [1.82, 2.24) is 4.98 Å². The van der Waals surface area contributed by atoms with E-state index >= 15 is 0 Å². The van der Waals surface area contributed by atoms with E-state index in [-0.39, 0.29) is 23.7 Å². The molecule has 2 amide bonds. The van der Waals surface area contributed by atoms with Gasteiger partial charge in [0.05, 0.1) is 24.6 Å². The Morgan fingerprint density at radius 2 is 2.00 bits per heavy atom. The summed E-state index contributed by atoms with van der Waals surface area (Å²) in [5, 5.41) is 11.3. The van der Waals surface area contributed by atoms with Crippen LogP contribution in [0.25, 0.3) is 0 Å². The van der Waals surface area contributed by atoms with Crippen LogP contribution >= 0.6 is 0 Å². The Hall–Kier alpha value is -3.20. The summed E-state index contributed by atoms with van der Waals surface area (Å²) in [7, 11) is 0. The van der Waals surface area contributed by atoms with E-state index in [1.807, 2.05) is 6.07 Å². The number of carbonyl (C=O) groups excluding carboxylic acids is 2. The van der Waals surface area contributed by atoms with Crippen LogP contribution in [-0.4, -0.2) is 16.8 Å². The van der Waals surface area contributed by atoms with Crippen molar-refractivity contribution in [3.05, 3.63) is 59.4 Å². The number of nitrogens with zero attached hydrogens (tertiary/aromatic N) is 2. The fraction of sp³-hybridized carbons (Fsp3) is 0.125. The van der Waals surface area contributed by atoms with Crippen LogP contribution in [0.4, 0.5) is 5.69 Å². The van der Waals surface area contributed by atoms with Gasteiger partial charge in [-0.1, -0.05) is 24.3 Å². The minimum Gasteiger partial charge on any atom is -0.364 e. The topological polar surface area (TPSA) is 109 Å². The number of nitrogens with two attached hydrogens (primary N) is 1. The molecule has 2 aromatic rings. The summed E-state index contributed by atoms with van der Waals surface area (Å²) in [5.74, 6) is -0.989. The third kappa shape index (κ3) is 3.90. The molecule has 6 nitrogen and oxygen atoms in total. The number of aromatic nitrogens is 1. The summed E-state index contributed by atoms with van der Waals surface area (Å²) in [5.41, 5.74) is 7.16. The predicted molar refractivity (Wildman–Crippen MR) is 80.8 cm³/mol. The highest BCUT2D eigenvalue weighted by molar-refractivity contribution is 6.01.